The third-order valence-electron chi connectivity index (χ3n) is 9.05. The minimum absolute atomic E-state index is 0.294. The van der Waals surface area contributed by atoms with E-state index in [1.54, 1.807) is 0 Å². The predicted molar refractivity (Wildman–Crippen MR) is 189 cm³/mol. The SMILES string of the molecule is CCCCC/C=C\C/C=C\CCCCCCCC1OC2(CN(C)C2)OC1CCCCCCC/C=C\C/C=C\CCCCC. The summed E-state index contributed by atoms with van der Waals surface area (Å²) in [5.74, 6) is -0.294. The molecule has 0 radical (unpaired) electrons. The van der Waals surface area contributed by atoms with E-state index in [0.29, 0.717) is 12.2 Å². The summed E-state index contributed by atoms with van der Waals surface area (Å²) in [7, 11) is 2.17. The zero-order chi connectivity index (χ0) is 30.7. The van der Waals surface area contributed by atoms with Gasteiger partial charge in [-0.2, -0.15) is 0 Å². The number of nitrogens with zero attached hydrogens (tertiary/aromatic N) is 1. The highest BCUT2D eigenvalue weighted by atomic mass is 16.8. The summed E-state index contributed by atoms with van der Waals surface area (Å²) in [6.07, 6.45) is 50.2. The van der Waals surface area contributed by atoms with E-state index in [9.17, 15) is 0 Å². The van der Waals surface area contributed by atoms with Gasteiger partial charge >= 0.3 is 0 Å². The Balaban J connectivity index is 1.48. The van der Waals surface area contributed by atoms with Crippen LogP contribution in [-0.4, -0.2) is 43.0 Å². The van der Waals surface area contributed by atoms with Gasteiger partial charge in [0.2, 0.25) is 0 Å². The van der Waals surface area contributed by atoms with Gasteiger partial charge in [0.05, 0.1) is 25.3 Å². The van der Waals surface area contributed by atoms with E-state index in [4.69, 9.17) is 9.47 Å². The predicted octanol–water partition coefficient (Wildman–Crippen LogP) is 12.0. The number of ether oxygens (including phenoxy) is 2. The van der Waals surface area contributed by atoms with E-state index in [2.05, 4.69) is 74.4 Å². The van der Waals surface area contributed by atoms with Gasteiger partial charge in [0.25, 0.3) is 0 Å². The third-order valence-corrected chi connectivity index (χ3v) is 9.05. The van der Waals surface area contributed by atoms with Gasteiger partial charge in [-0.15, -0.1) is 0 Å². The van der Waals surface area contributed by atoms with Crippen molar-refractivity contribution in [3.8, 4) is 0 Å². The molecular formula is C40H71NO2. The quantitative estimate of drug-likeness (QED) is 0.0661. The van der Waals surface area contributed by atoms with Crippen LogP contribution in [0.15, 0.2) is 48.6 Å². The van der Waals surface area contributed by atoms with Crippen LogP contribution >= 0.6 is 0 Å². The molecule has 2 fully saturated rings. The summed E-state index contributed by atoms with van der Waals surface area (Å²) >= 11 is 0. The molecule has 0 aromatic rings. The molecular weight excluding hydrogens is 526 g/mol. The first-order valence-electron chi connectivity index (χ1n) is 18.8. The Labute approximate surface area is 268 Å². The van der Waals surface area contributed by atoms with Crippen LogP contribution in [0.2, 0.25) is 0 Å². The monoisotopic (exact) mass is 598 g/mol. The van der Waals surface area contributed by atoms with Crippen molar-refractivity contribution in [2.45, 2.75) is 186 Å². The van der Waals surface area contributed by atoms with Crippen LogP contribution < -0.4 is 0 Å². The lowest BCUT2D eigenvalue weighted by molar-refractivity contribution is -0.246. The minimum Gasteiger partial charge on any atom is -0.341 e. The van der Waals surface area contributed by atoms with Gasteiger partial charge in [0.15, 0.2) is 5.79 Å². The number of hydrogen-bond acceptors (Lipinski definition) is 3. The average molecular weight is 598 g/mol. The largest absolute Gasteiger partial charge is 0.341 e. The molecule has 3 nitrogen and oxygen atoms in total. The number of likely N-dealkylation sites (N-methyl/N-ethyl adjacent to an activating group) is 1. The number of rotatable bonds is 28. The van der Waals surface area contributed by atoms with E-state index < -0.39 is 0 Å². The normalized spacial score (nSPS) is 20.6. The molecule has 2 aliphatic rings. The second-order valence-corrected chi connectivity index (χ2v) is 13.4. The van der Waals surface area contributed by atoms with Crippen LogP contribution in [-0.2, 0) is 9.47 Å². The zero-order valence-corrected chi connectivity index (χ0v) is 28.9. The fourth-order valence-electron chi connectivity index (χ4n) is 6.46. The molecule has 2 aliphatic heterocycles. The molecule has 2 rings (SSSR count). The summed E-state index contributed by atoms with van der Waals surface area (Å²) < 4.78 is 13.1. The van der Waals surface area contributed by atoms with Crippen LogP contribution in [0.25, 0.3) is 0 Å². The average Bonchev–Trinajstić information content (AvgIpc) is 3.35. The molecule has 2 saturated heterocycles. The van der Waals surface area contributed by atoms with Crippen LogP contribution in [0.4, 0.5) is 0 Å². The van der Waals surface area contributed by atoms with Crippen LogP contribution in [0.1, 0.15) is 168 Å². The lowest BCUT2D eigenvalue weighted by Gasteiger charge is -2.44. The molecule has 0 aromatic heterocycles. The van der Waals surface area contributed by atoms with E-state index >= 15 is 0 Å². The van der Waals surface area contributed by atoms with Crippen molar-refractivity contribution in [2.75, 3.05) is 20.1 Å². The zero-order valence-electron chi connectivity index (χ0n) is 28.9. The lowest BCUT2D eigenvalue weighted by Crippen LogP contribution is -2.61. The first kappa shape index (κ1) is 38.0. The Morgan fingerprint density at radius 1 is 0.488 bits per heavy atom. The molecule has 2 unspecified atom stereocenters. The van der Waals surface area contributed by atoms with Gasteiger partial charge in [0.1, 0.15) is 0 Å². The maximum atomic E-state index is 6.57. The fraction of sp³-hybridized carbons (Fsp3) is 0.800. The first-order valence-corrected chi connectivity index (χ1v) is 18.8. The van der Waals surface area contributed by atoms with Gasteiger partial charge in [-0.1, -0.05) is 140 Å². The maximum absolute atomic E-state index is 6.57. The van der Waals surface area contributed by atoms with Gasteiger partial charge in [-0.25, -0.2) is 0 Å². The number of allylic oxidation sites excluding steroid dienone is 8. The fourth-order valence-corrected chi connectivity index (χ4v) is 6.46. The van der Waals surface area contributed by atoms with E-state index in [1.807, 2.05) is 0 Å². The number of hydrogen-bond donors (Lipinski definition) is 0. The van der Waals surface area contributed by atoms with Gasteiger partial charge in [0, 0.05) is 0 Å². The smallest absolute Gasteiger partial charge is 0.194 e. The molecule has 0 amide bonds. The molecule has 0 saturated carbocycles. The van der Waals surface area contributed by atoms with Crippen molar-refractivity contribution in [1.82, 2.24) is 4.90 Å². The van der Waals surface area contributed by atoms with E-state index in [1.165, 1.54) is 141 Å². The lowest BCUT2D eigenvalue weighted by atomic mass is 9.99. The second kappa shape index (κ2) is 26.1. The van der Waals surface area contributed by atoms with Gasteiger partial charge < -0.3 is 9.47 Å². The molecule has 0 aromatic carbocycles. The molecule has 0 bridgehead atoms. The highest BCUT2D eigenvalue weighted by Gasteiger charge is 2.53. The maximum Gasteiger partial charge on any atom is 0.194 e. The molecule has 43 heavy (non-hydrogen) atoms. The summed E-state index contributed by atoms with van der Waals surface area (Å²) in [4.78, 5) is 2.32. The van der Waals surface area contributed by atoms with Crippen LogP contribution in [0.5, 0.6) is 0 Å². The molecule has 2 atom stereocenters. The molecule has 248 valence electrons. The van der Waals surface area contributed by atoms with Crippen molar-refractivity contribution < 1.29 is 9.47 Å². The summed E-state index contributed by atoms with van der Waals surface area (Å²) in [6.45, 7) is 6.41. The standard InChI is InChI=1S/C40H71NO2/c1-4-6-8-10-12-14-16-18-20-22-24-26-28-30-32-34-38-39(43-40(42-38)36-41(3)37-40)35-33-31-29-27-25-23-21-19-17-15-13-11-9-7-5-2/h12-15,18-21,38-39H,4-11,16-17,22-37H2,1-3H3/b14-12-,15-13-,20-18-,21-19-. The molecule has 0 N–H and O–H groups in total. The van der Waals surface area contributed by atoms with Crippen molar-refractivity contribution in [3.63, 3.8) is 0 Å². The number of likely N-dealkylation sites (tertiary alicyclic amines) is 1. The molecule has 3 heteroatoms. The highest BCUT2D eigenvalue weighted by molar-refractivity contribution is 4.96. The summed E-state index contributed by atoms with van der Waals surface area (Å²) in [5, 5.41) is 0. The second-order valence-electron chi connectivity index (χ2n) is 13.4. The third kappa shape index (κ3) is 19.1. The summed E-state index contributed by atoms with van der Waals surface area (Å²) in [6, 6.07) is 0. The van der Waals surface area contributed by atoms with Crippen LogP contribution in [0.3, 0.4) is 0 Å². The minimum atomic E-state index is -0.294. The van der Waals surface area contributed by atoms with Crippen molar-refractivity contribution in [3.05, 3.63) is 48.6 Å². The topological polar surface area (TPSA) is 21.7 Å². The van der Waals surface area contributed by atoms with Gasteiger partial charge in [-0.3, -0.25) is 4.90 Å². The van der Waals surface area contributed by atoms with E-state index in [0.717, 1.165) is 25.9 Å². The number of unbranched alkanes of at least 4 members (excludes halogenated alkanes) is 16. The van der Waals surface area contributed by atoms with Crippen LogP contribution in [0, 0.1) is 0 Å². The summed E-state index contributed by atoms with van der Waals surface area (Å²) in [5.41, 5.74) is 0. The highest BCUT2D eigenvalue weighted by Crippen LogP contribution is 2.39. The first-order chi connectivity index (χ1) is 21.2. The Bertz CT molecular complexity index is 692. The van der Waals surface area contributed by atoms with Crippen molar-refractivity contribution in [2.24, 2.45) is 0 Å². The van der Waals surface area contributed by atoms with Crippen molar-refractivity contribution in [1.29, 1.82) is 0 Å². The molecule has 0 aliphatic carbocycles. The van der Waals surface area contributed by atoms with Crippen molar-refractivity contribution >= 4 is 0 Å². The Hall–Kier alpha value is -1.16. The Kier molecular flexibility index (Phi) is 23.1. The van der Waals surface area contributed by atoms with Gasteiger partial charge in [-0.05, 0) is 84.1 Å². The molecule has 1 spiro atoms. The Morgan fingerprint density at radius 2 is 0.837 bits per heavy atom. The Morgan fingerprint density at radius 3 is 1.21 bits per heavy atom. The van der Waals surface area contributed by atoms with E-state index in [-0.39, 0.29) is 5.79 Å². The molecule has 2 heterocycles.